The van der Waals surface area contributed by atoms with Crippen molar-refractivity contribution in [1.29, 1.82) is 0 Å². The first kappa shape index (κ1) is 28.2. The van der Waals surface area contributed by atoms with E-state index in [1.807, 2.05) is 12.1 Å². The number of anilines is 2. The number of halogens is 5. The first-order valence-electron chi connectivity index (χ1n) is 12.6. The van der Waals surface area contributed by atoms with Gasteiger partial charge in [-0.25, -0.2) is 9.97 Å². The first-order valence-corrected chi connectivity index (χ1v) is 13.3. The molecule has 2 aliphatic rings. The molecule has 37 heavy (non-hydrogen) atoms. The topological polar surface area (TPSA) is 91.3 Å². The van der Waals surface area contributed by atoms with Crippen LogP contribution in [0, 0.1) is 5.92 Å². The summed E-state index contributed by atoms with van der Waals surface area (Å²) in [6, 6.07) is 3.84. The van der Waals surface area contributed by atoms with Gasteiger partial charge in [0.1, 0.15) is 11.0 Å². The fraction of sp³-hybridized carbons (Fsp3) is 0.600. The van der Waals surface area contributed by atoms with Gasteiger partial charge in [0, 0.05) is 55.7 Å². The predicted molar refractivity (Wildman–Crippen MR) is 139 cm³/mol. The molecule has 12 heteroatoms. The van der Waals surface area contributed by atoms with Crippen LogP contribution in [-0.4, -0.2) is 65.7 Å². The summed E-state index contributed by atoms with van der Waals surface area (Å²) in [4.78, 5) is 8.75. The number of ether oxygens (including phenoxy) is 1. The number of aliphatic hydroxyl groups is 1. The van der Waals surface area contributed by atoms with E-state index in [4.69, 9.17) is 27.9 Å². The maximum atomic E-state index is 12.5. The van der Waals surface area contributed by atoms with Crippen LogP contribution in [0.5, 0.6) is 0 Å². The second-order valence-electron chi connectivity index (χ2n) is 9.71. The summed E-state index contributed by atoms with van der Waals surface area (Å²) < 4.78 is 43.0. The zero-order chi connectivity index (χ0) is 26.4. The number of hydrogen-bond donors (Lipinski definition) is 4. The van der Waals surface area contributed by atoms with Gasteiger partial charge in [-0.2, -0.15) is 13.2 Å². The zero-order valence-corrected chi connectivity index (χ0v) is 21.8. The molecular formula is C25H32Cl2F3N5O2. The maximum Gasteiger partial charge on any atom is 0.415 e. The monoisotopic (exact) mass is 561 g/mol. The Kier molecular flexibility index (Phi) is 9.74. The molecule has 1 aliphatic heterocycles. The molecule has 0 radical (unpaired) electrons. The van der Waals surface area contributed by atoms with Crippen molar-refractivity contribution in [2.24, 2.45) is 5.92 Å². The van der Waals surface area contributed by atoms with E-state index in [1.165, 1.54) is 0 Å². The highest BCUT2D eigenvalue weighted by Crippen LogP contribution is 2.35. The number of rotatable bonds is 9. The van der Waals surface area contributed by atoms with Crippen LogP contribution >= 0.6 is 23.2 Å². The third-order valence-electron chi connectivity index (χ3n) is 6.98. The number of aromatic nitrogens is 2. The molecule has 4 N–H and O–H groups in total. The van der Waals surface area contributed by atoms with Gasteiger partial charge in [0.15, 0.2) is 6.10 Å². The molecule has 7 nitrogen and oxygen atoms in total. The van der Waals surface area contributed by atoms with Crippen LogP contribution in [0.15, 0.2) is 24.5 Å². The molecule has 1 saturated heterocycles. The number of aliphatic hydroxyl groups excluding tert-OH is 1. The number of hydrogen-bond acceptors (Lipinski definition) is 7. The summed E-state index contributed by atoms with van der Waals surface area (Å²) in [5, 5.41) is 19.7. The van der Waals surface area contributed by atoms with Gasteiger partial charge in [-0.15, -0.1) is 0 Å². The van der Waals surface area contributed by atoms with E-state index < -0.39 is 18.8 Å². The fourth-order valence-electron chi connectivity index (χ4n) is 4.72. The van der Waals surface area contributed by atoms with Crippen molar-refractivity contribution in [3.8, 4) is 11.1 Å². The van der Waals surface area contributed by atoms with Crippen molar-refractivity contribution in [3.63, 3.8) is 0 Å². The van der Waals surface area contributed by atoms with Gasteiger partial charge in [0.25, 0.3) is 0 Å². The second-order valence-corrected chi connectivity index (χ2v) is 10.5. The molecule has 4 rings (SSSR count). The minimum absolute atomic E-state index is 0.0648. The molecule has 1 aliphatic carbocycles. The molecule has 0 bridgehead atoms. The number of pyridine rings is 2. The summed E-state index contributed by atoms with van der Waals surface area (Å²) in [5.41, 5.74) is 2.27. The smallest absolute Gasteiger partial charge is 0.384 e. The Labute approximate surface area is 224 Å². The van der Waals surface area contributed by atoms with E-state index in [0.717, 1.165) is 51.1 Å². The van der Waals surface area contributed by atoms with Crippen LogP contribution < -0.4 is 16.0 Å². The fourth-order valence-corrected chi connectivity index (χ4v) is 5.13. The molecule has 0 spiro atoms. The Morgan fingerprint density at radius 3 is 2.38 bits per heavy atom. The molecular weight excluding hydrogens is 530 g/mol. The van der Waals surface area contributed by atoms with Crippen molar-refractivity contribution in [2.75, 3.05) is 36.9 Å². The normalized spacial score (nSPS) is 22.0. The molecule has 0 aromatic carbocycles. The van der Waals surface area contributed by atoms with Crippen molar-refractivity contribution < 1.29 is 23.0 Å². The standard InChI is InChI=1S/C25H32Cl2F3N5O2/c26-21-13-33-23(35-17-3-1-16(2-4-17)32-14-22(36)25(28,29)30)10-19(21)20-9-18(12-34-24(20)27)31-11-15-5-7-37-8-6-15/h9-10,12-13,15-17,22,31-32,36H,1-8,11,14H2,(H,33,35). The molecule has 2 aromatic rings. The third kappa shape index (κ3) is 8.07. The molecule has 204 valence electrons. The molecule has 0 amide bonds. The van der Waals surface area contributed by atoms with E-state index >= 15 is 0 Å². The number of nitrogens with one attached hydrogen (secondary N) is 3. The Morgan fingerprint density at radius 1 is 0.973 bits per heavy atom. The molecule has 1 unspecified atom stereocenters. The van der Waals surface area contributed by atoms with Gasteiger partial charge >= 0.3 is 6.18 Å². The highest BCUT2D eigenvalue weighted by Gasteiger charge is 2.38. The van der Waals surface area contributed by atoms with Crippen molar-refractivity contribution in [1.82, 2.24) is 15.3 Å². The summed E-state index contributed by atoms with van der Waals surface area (Å²) in [6.45, 7) is 1.91. The van der Waals surface area contributed by atoms with Crippen molar-refractivity contribution in [3.05, 3.63) is 34.7 Å². The Morgan fingerprint density at radius 2 is 1.68 bits per heavy atom. The highest BCUT2D eigenvalue weighted by molar-refractivity contribution is 6.36. The maximum absolute atomic E-state index is 12.5. The number of alkyl halides is 3. The molecule has 2 aromatic heterocycles. The van der Waals surface area contributed by atoms with Crippen molar-refractivity contribution in [2.45, 2.75) is 62.9 Å². The summed E-state index contributed by atoms with van der Waals surface area (Å²) >= 11 is 12.9. The largest absolute Gasteiger partial charge is 0.415 e. The van der Waals surface area contributed by atoms with Gasteiger partial charge in [0.2, 0.25) is 0 Å². The Balaban J connectivity index is 1.35. The van der Waals surface area contributed by atoms with Gasteiger partial charge in [0.05, 0.1) is 16.9 Å². The average molecular weight is 562 g/mol. The van der Waals surface area contributed by atoms with Crippen LogP contribution in [0.3, 0.4) is 0 Å². The third-order valence-corrected chi connectivity index (χ3v) is 7.58. The van der Waals surface area contributed by atoms with Crippen molar-refractivity contribution >= 4 is 34.7 Å². The lowest BCUT2D eigenvalue weighted by Gasteiger charge is -2.31. The summed E-state index contributed by atoms with van der Waals surface area (Å²) in [6.07, 6.45) is 1.28. The van der Waals surface area contributed by atoms with Crippen LogP contribution in [0.25, 0.3) is 11.1 Å². The summed E-state index contributed by atoms with van der Waals surface area (Å²) in [5.74, 6) is 1.19. The molecule has 1 saturated carbocycles. The quantitative estimate of drug-likeness (QED) is 0.299. The lowest BCUT2D eigenvalue weighted by molar-refractivity contribution is -0.202. The van der Waals surface area contributed by atoms with Crippen LogP contribution in [0.4, 0.5) is 24.7 Å². The summed E-state index contributed by atoms with van der Waals surface area (Å²) in [7, 11) is 0. The van der Waals surface area contributed by atoms with E-state index in [-0.39, 0.29) is 12.1 Å². The van der Waals surface area contributed by atoms with Crippen LogP contribution in [0.1, 0.15) is 38.5 Å². The van der Waals surface area contributed by atoms with Gasteiger partial charge < -0.3 is 25.8 Å². The lowest BCUT2D eigenvalue weighted by Crippen LogP contribution is -2.44. The van der Waals surface area contributed by atoms with E-state index in [2.05, 4.69) is 25.9 Å². The van der Waals surface area contributed by atoms with Crippen LogP contribution in [0.2, 0.25) is 10.2 Å². The van der Waals surface area contributed by atoms with E-state index in [1.54, 1.807) is 12.4 Å². The van der Waals surface area contributed by atoms with Gasteiger partial charge in [-0.3, -0.25) is 0 Å². The Bertz CT molecular complexity index is 1030. The van der Waals surface area contributed by atoms with Gasteiger partial charge in [-0.1, -0.05) is 23.2 Å². The zero-order valence-electron chi connectivity index (χ0n) is 20.3. The van der Waals surface area contributed by atoms with E-state index in [0.29, 0.717) is 45.9 Å². The SMILES string of the molecule is OC(CNC1CCC(Nc2cc(-c3cc(NCC4CCOCC4)cnc3Cl)c(Cl)cn2)CC1)C(F)(F)F. The minimum atomic E-state index is -4.61. The predicted octanol–water partition coefficient (Wildman–Crippen LogP) is 5.52. The van der Waals surface area contributed by atoms with Crippen LogP contribution in [-0.2, 0) is 4.74 Å². The second kappa shape index (κ2) is 12.8. The average Bonchev–Trinajstić information content (AvgIpc) is 2.89. The molecule has 3 heterocycles. The lowest BCUT2D eigenvalue weighted by atomic mass is 9.91. The number of nitrogens with zero attached hydrogens (tertiary/aromatic N) is 2. The molecule has 2 fully saturated rings. The highest BCUT2D eigenvalue weighted by atomic mass is 35.5. The van der Waals surface area contributed by atoms with Gasteiger partial charge in [-0.05, 0) is 56.6 Å². The van der Waals surface area contributed by atoms with E-state index in [9.17, 15) is 18.3 Å². The Hall–Kier alpha value is -1.85. The minimum Gasteiger partial charge on any atom is -0.384 e. The molecule has 1 atom stereocenters. The first-order chi connectivity index (χ1) is 17.7.